The molecule has 0 saturated heterocycles. The van der Waals surface area contributed by atoms with E-state index in [1.54, 1.807) is 29.2 Å². The Bertz CT molecular complexity index is 2170. The molecule has 0 bridgehead atoms. The molecule has 1 saturated carbocycles. The van der Waals surface area contributed by atoms with Crippen molar-refractivity contribution in [3.05, 3.63) is 132 Å². The Morgan fingerprint density at radius 2 is 1.73 bits per heavy atom. The number of allylic oxidation sites excluding steroid dienone is 1. The van der Waals surface area contributed by atoms with E-state index in [0.717, 1.165) is 53.2 Å². The highest BCUT2D eigenvalue weighted by molar-refractivity contribution is 6.03. The number of amides is 1. The molecule has 1 heterocycles. The molecule has 11 heteroatoms. The second-order valence-electron chi connectivity index (χ2n) is 15.8. The van der Waals surface area contributed by atoms with Crippen LogP contribution >= 0.6 is 0 Å². The monoisotopic (exact) mass is 820 g/mol. The predicted octanol–water partition coefficient (Wildman–Crippen LogP) is 9.48. The first-order valence-corrected chi connectivity index (χ1v) is 21.2. The van der Waals surface area contributed by atoms with Gasteiger partial charge in [-0.05, 0) is 90.6 Å². The van der Waals surface area contributed by atoms with E-state index in [1.165, 1.54) is 13.2 Å². The number of hydrogen-bond acceptors (Lipinski definition) is 9. The number of halogens is 1. The molecule has 1 fully saturated rings. The molecule has 3 aliphatic rings. The Morgan fingerprint density at radius 3 is 2.50 bits per heavy atom. The van der Waals surface area contributed by atoms with Crippen LogP contribution in [0.3, 0.4) is 0 Å². The second kappa shape index (κ2) is 19.9. The lowest BCUT2D eigenvalue weighted by Gasteiger charge is -2.59. The van der Waals surface area contributed by atoms with Crippen LogP contribution in [0.4, 0.5) is 9.18 Å². The van der Waals surface area contributed by atoms with E-state index in [0.29, 0.717) is 42.2 Å². The van der Waals surface area contributed by atoms with Crippen molar-refractivity contribution >= 4 is 22.6 Å². The highest BCUT2D eigenvalue weighted by Crippen LogP contribution is 2.62. The molecule has 10 nitrogen and oxygen atoms in total. The Hall–Kier alpha value is -5.23. The highest BCUT2D eigenvalue weighted by Gasteiger charge is 2.65. The van der Waals surface area contributed by atoms with Crippen LogP contribution in [0.1, 0.15) is 74.5 Å². The molecule has 2 aliphatic carbocycles. The van der Waals surface area contributed by atoms with Crippen molar-refractivity contribution in [2.75, 3.05) is 33.5 Å². The van der Waals surface area contributed by atoms with E-state index in [-0.39, 0.29) is 63.0 Å². The lowest BCUT2D eigenvalue weighted by Crippen LogP contribution is -2.70. The average molecular weight is 821 g/mol. The minimum absolute atomic E-state index is 0.0249. The van der Waals surface area contributed by atoms with Gasteiger partial charge in [0.15, 0.2) is 0 Å². The summed E-state index contributed by atoms with van der Waals surface area (Å²) in [7, 11) is 1.39. The van der Waals surface area contributed by atoms with Crippen LogP contribution < -0.4 is 9.47 Å². The molecule has 6 atom stereocenters. The number of fused-ring (bicyclic) bond motifs is 3. The molecule has 318 valence electrons. The predicted molar refractivity (Wildman–Crippen MR) is 229 cm³/mol. The van der Waals surface area contributed by atoms with Crippen molar-refractivity contribution in [3.8, 4) is 11.5 Å². The van der Waals surface area contributed by atoms with Crippen molar-refractivity contribution in [3.63, 3.8) is 0 Å². The molecule has 4 aromatic rings. The number of oxime groups is 1. The highest BCUT2D eigenvalue weighted by atomic mass is 19.1. The van der Waals surface area contributed by atoms with Crippen molar-refractivity contribution in [2.24, 2.45) is 22.9 Å². The second-order valence-corrected chi connectivity index (χ2v) is 15.8. The number of aliphatic hydroxyl groups excluding tert-OH is 2. The van der Waals surface area contributed by atoms with Gasteiger partial charge in [-0.3, -0.25) is 4.90 Å². The molecule has 2 N–H and O–H groups in total. The van der Waals surface area contributed by atoms with Gasteiger partial charge in [-0.15, -0.1) is 6.58 Å². The summed E-state index contributed by atoms with van der Waals surface area (Å²) in [5.74, 6) is -1.31. The summed E-state index contributed by atoms with van der Waals surface area (Å²) in [4.78, 5) is 21.9. The summed E-state index contributed by atoms with van der Waals surface area (Å²) in [6.45, 7) is 6.79. The summed E-state index contributed by atoms with van der Waals surface area (Å²) in [5, 5.41) is 26.6. The van der Waals surface area contributed by atoms with Crippen LogP contribution in [-0.4, -0.2) is 72.3 Å². The maximum Gasteiger partial charge on any atom is 0.410 e. The Kier molecular flexibility index (Phi) is 14.2. The van der Waals surface area contributed by atoms with Gasteiger partial charge in [0.05, 0.1) is 31.9 Å². The minimum Gasteiger partial charge on any atom is -0.489 e. The molecule has 0 radical (unpaired) electrons. The number of unbranched alkanes of at least 4 members (excludes halogenated alkanes) is 2. The fraction of sp³-hybridized carbons (Fsp3) is 0.429. The lowest BCUT2D eigenvalue weighted by molar-refractivity contribution is -0.256. The third kappa shape index (κ3) is 8.80. The zero-order valence-electron chi connectivity index (χ0n) is 34.6. The van der Waals surface area contributed by atoms with E-state index in [2.05, 4.69) is 30.9 Å². The number of ether oxygens (including phenoxy) is 4. The van der Waals surface area contributed by atoms with Crippen LogP contribution in [-0.2, 0) is 27.5 Å². The maximum atomic E-state index is 14.7. The van der Waals surface area contributed by atoms with E-state index in [1.807, 2.05) is 49.4 Å². The first-order valence-electron chi connectivity index (χ1n) is 21.2. The van der Waals surface area contributed by atoms with E-state index < -0.39 is 23.8 Å². The van der Waals surface area contributed by atoms with Gasteiger partial charge in [-0.2, -0.15) is 0 Å². The SMILES string of the molecule is C=CCOC12Oc3ccc(OCc4ccccc4F)cc3C3C(CCCCO)C(CCCCO)C=C(C(=NOCC)CC1N(Cc1cccc4ccccc14)C(=O)OC)C32. The molecule has 4 aromatic carbocycles. The van der Waals surface area contributed by atoms with Gasteiger partial charge in [0.25, 0.3) is 0 Å². The van der Waals surface area contributed by atoms with Gasteiger partial charge in [-0.1, -0.05) is 90.8 Å². The van der Waals surface area contributed by atoms with E-state index in [9.17, 15) is 19.4 Å². The minimum atomic E-state index is -1.46. The Balaban J connectivity index is 1.44. The van der Waals surface area contributed by atoms with Crippen LogP contribution in [0.15, 0.2) is 114 Å². The Labute approximate surface area is 352 Å². The Morgan fingerprint density at radius 1 is 0.983 bits per heavy atom. The standard InChI is InChI=1S/C49H57FN2O8/c1-4-27-58-49-45(52(48(55)56-3)31-35-19-14-18-33-15-6-8-20-38(33)35)30-43(51-59-5-2)40-28-34(16-10-12-25-53)39(21-11-13-26-54)46(47(40)49)41-29-37(23-24-44(41)60-49)57-32-36-17-7-9-22-42(36)50/h4,6-9,14-15,17-20,22-24,28-29,34,39,45-47,53-54H,1,5,10-13,16,21,25-27,30-32H2,2-3H3. The lowest BCUT2D eigenvalue weighted by atomic mass is 9.55. The quantitative estimate of drug-likeness (QED) is 0.0546. The molecule has 7 rings (SSSR count). The van der Waals surface area contributed by atoms with Gasteiger partial charge in [0.1, 0.15) is 36.6 Å². The molecule has 1 amide bonds. The van der Waals surface area contributed by atoms with Gasteiger partial charge in [0, 0.05) is 36.7 Å². The normalized spacial score (nSPS) is 23.5. The molecule has 6 unspecified atom stereocenters. The zero-order chi connectivity index (χ0) is 42.1. The summed E-state index contributed by atoms with van der Waals surface area (Å²) < 4.78 is 41.0. The molecule has 0 spiro atoms. The number of rotatable bonds is 19. The molecule has 0 aromatic heterocycles. The molecular formula is C49H57FN2O8. The van der Waals surface area contributed by atoms with E-state index in [4.69, 9.17) is 28.9 Å². The number of carbonyl (C=O) groups is 1. The largest absolute Gasteiger partial charge is 0.489 e. The molecular weight excluding hydrogens is 764 g/mol. The first kappa shape index (κ1) is 42.9. The maximum absolute atomic E-state index is 14.7. The van der Waals surface area contributed by atoms with Crippen LogP contribution in [0, 0.1) is 23.6 Å². The molecule has 60 heavy (non-hydrogen) atoms. The van der Waals surface area contributed by atoms with Gasteiger partial charge < -0.3 is 34.0 Å². The van der Waals surface area contributed by atoms with Crippen molar-refractivity contribution in [2.45, 2.75) is 82.8 Å². The van der Waals surface area contributed by atoms with Gasteiger partial charge in [0.2, 0.25) is 5.79 Å². The number of aliphatic hydroxyl groups is 2. The topological polar surface area (TPSA) is 119 Å². The molecule has 1 aliphatic heterocycles. The van der Waals surface area contributed by atoms with Gasteiger partial charge >= 0.3 is 6.09 Å². The van der Waals surface area contributed by atoms with Crippen molar-refractivity contribution in [1.82, 2.24) is 4.90 Å². The summed E-state index contributed by atoms with van der Waals surface area (Å²) in [5.41, 5.74) is 3.91. The van der Waals surface area contributed by atoms with Crippen molar-refractivity contribution in [1.29, 1.82) is 0 Å². The van der Waals surface area contributed by atoms with Crippen LogP contribution in [0.2, 0.25) is 0 Å². The third-order valence-electron chi connectivity index (χ3n) is 12.3. The van der Waals surface area contributed by atoms with Crippen LogP contribution in [0.25, 0.3) is 10.8 Å². The summed E-state index contributed by atoms with van der Waals surface area (Å²) >= 11 is 0. The fourth-order valence-corrected chi connectivity index (χ4v) is 9.69. The summed E-state index contributed by atoms with van der Waals surface area (Å²) in [6.07, 6.45) is 8.20. The number of nitrogens with zero attached hydrogens (tertiary/aromatic N) is 2. The van der Waals surface area contributed by atoms with E-state index >= 15 is 0 Å². The van der Waals surface area contributed by atoms with Crippen LogP contribution in [0.5, 0.6) is 11.5 Å². The average Bonchev–Trinajstić information content (AvgIpc) is 3.27. The van der Waals surface area contributed by atoms with Gasteiger partial charge in [-0.25, -0.2) is 9.18 Å². The summed E-state index contributed by atoms with van der Waals surface area (Å²) in [6, 6.07) is 25.7. The van der Waals surface area contributed by atoms with Crippen molar-refractivity contribution < 1.29 is 43.2 Å². The number of carbonyl (C=O) groups excluding carboxylic acids is 1. The zero-order valence-corrected chi connectivity index (χ0v) is 34.6. The fourth-order valence-electron chi connectivity index (χ4n) is 9.69. The number of hydrogen-bond donors (Lipinski definition) is 2. The number of methoxy groups -OCH3 is 1. The smallest absolute Gasteiger partial charge is 0.410 e. The number of benzene rings is 4. The third-order valence-corrected chi connectivity index (χ3v) is 12.3. The first-order chi connectivity index (χ1) is 29.4.